The van der Waals surface area contributed by atoms with Gasteiger partial charge < -0.3 is 5.32 Å². The van der Waals surface area contributed by atoms with E-state index in [1.807, 2.05) is 12.1 Å². The molecule has 0 bridgehead atoms. The van der Waals surface area contributed by atoms with Crippen LogP contribution in [0.3, 0.4) is 0 Å². The summed E-state index contributed by atoms with van der Waals surface area (Å²) in [7, 11) is 0. The summed E-state index contributed by atoms with van der Waals surface area (Å²) in [6.07, 6.45) is 4.10. The van der Waals surface area contributed by atoms with Gasteiger partial charge in [0.1, 0.15) is 5.82 Å². The van der Waals surface area contributed by atoms with Crippen molar-refractivity contribution in [1.82, 2.24) is 5.32 Å². The fourth-order valence-corrected chi connectivity index (χ4v) is 1.78. The third-order valence-electron chi connectivity index (χ3n) is 3.07. The molecule has 1 atom stereocenters. The van der Waals surface area contributed by atoms with Gasteiger partial charge in [-0.2, -0.15) is 0 Å². The smallest absolute Gasteiger partial charge is 0.123 e. The summed E-state index contributed by atoms with van der Waals surface area (Å²) >= 11 is 0. The van der Waals surface area contributed by atoms with E-state index < -0.39 is 0 Å². The van der Waals surface area contributed by atoms with E-state index in [4.69, 9.17) is 0 Å². The number of benzene rings is 1. The van der Waals surface area contributed by atoms with E-state index in [2.05, 4.69) is 12.2 Å². The first-order chi connectivity index (χ1) is 7.25. The molecule has 0 heterocycles. The molecule has 1 aromatic carbocycles. The minimum atomic E-state index is -0.163. The van der Waals surface area contributed by atoms with Gasteiger partial charge >= 0.3 is 0 Å². The molecule has 15 heavy (non-hydrogen) atoms. The van der Waals surface area contributed by atoms with E-state index in [9.17, 15) is 4.39 Å². The lowest BCUT2D eigenvalue weighted by Gasteiger charge is -2.13. The highest BCUT2D eigenvalue weighted by atomic mass is 19.1. The summed E-state index contributed by atoms with van der Waals surface area (Å²) in [6, 6.07) is 7.07. The Kier molecular flexibility index (Phi) is 3.37. The molecule has 82 valence electrons. The second kappa shape index (κ2) is 4.75. The predicted octanol–water partition coefficient (Wildman–Crippen LogP) is 3.28. The molecule has 0 aromatic heterocycles. The molecule has 1 aromatic rings. The van der Waals surface area contributed by atoms with Gasteiger partial charge in [0, 0.05) is 6.04 Å². The third kappa shape index (κ3) is 3.31. The first-order valence-corrected chi connectivity index (χ1v) is 5.74. The van der Waals surface area contributed by atoms with Crippen molar-refractivity contribution in [1.29, 1.82) is 0 Å². The highest BCUT2D eigenvalue weighted by Crippen LogP contribution is 2.31. The fourth-order valence-electron chi connectivity index (χ4n) is 1.78. The maximum Gasteiger partial charge on any atom is 0.123 e. The molecule has 0 spiro atoms. The lowest BCUT2D eigenvalue weighted by atomic mass is 10.1. The van der Waals surface area contributed by atoms with Gasteiger partial charge in [0.2, 0.25) is 0 Å². The molecule has 0 aliphatic heterocycles. The molecule has 2 heteroatoms. The highest BCUT2D eigenvalue weighted by molar-refractivity contribution is 5.19. The summed E-state index contributed by atoms with van der Waals surface area (Å²) < 4.78 is 12.7. The average molecular weight is 207 g/mol. The molecule has 1 saturated carbocycles. The van der Waals surface area contributed by atoms with Crippen LogP contribution in [0.5, 0.6) is 0 Å². The average Bonchev–Trinajstić information content (AvgIpc) is 3.02. The van der Waals surface area contributed by atoms with Crippen molar-refractivity contribution in [3.8, 4) is 0 Å². The monoisotopic (exact) mass is 207 g/mol. The topological polar surface area (TPSA) is 12.0 Å². The van der Waals surface area contributed by atoms with E-state index in [1.54, 1.807) is 0 Å². The zero-order chi connectivity index (χ0) is 10.7. The van der Waals surface area contributed by atoms with Gasteiger partial charge in [0.05, 0.1) is 0 Å². The van der Waals surface area contributed by atoms with Crippen molar-refractivity contribution in [3.63, 3.8) is 0 Å². The Labute approximate surface area is 90.7 Å². The van der Waals surface area contributed by atoms with Crippen LogP contribution in [-0.2, 0) is 0 Å². The van der Waals surface area contributed by atoms with Crippen molar-refractivity contribution in [3.05, 3.63) is 35.6 Å². The van der Waals surface area contributed by atoms with E-state index in [-0.39, 0.29) is 5.82 Å². The van der Waals surface area contributed by atoms with Crippen molar-refractivity contribution in [2.45, 2.75) is 32.2 Å². The van der Waals surface area contributed by atoms with E-state index in [0.29, 0.717) is 6.04 Å². The van der Waals surface area contributed by atoms with Crippen molar-refractivity contribution < 1.29 is 4.39 Å². The predicted molar refractivity (Wildman–Crippen MR) is 60.2 cm³/mol. The molecule has 2 rings (SSSR count). The van der Waals surface area contributed by atoms with Crippen LogP contribution in [0.25, 0.3) is 0 Å². The lowest BCUT2D eigenvalue weighted by Crippen LogP contribution is -2.20. The van der Waals surface area contributed by atoms with Crippen molar-refractivity contribution >= 4 is 0 Å². The van der Waals surface area contributed by atoms with Gasteiger partial charge in [0.25, 0.3) is 0 Å². The number of hydrogen-bond acceptors (Lipinski definition) is 1. The summed E-state index contributed by atoms with van der Waals surface area (Å²) in [4.78, 5) is 0. The Morgan fingerprint density at radius 3 is 2.60 bits per heavy atom. The number of nitrogens with one attached hydrogen (secondary N) is 1. The van der Waals surface area contributed by atoms with Crippen LogP contribution < -0.4 is 5.32 Å². The second-order valence-corrected chi connectivity index (χ2v) is 4.46. The summed E-state index contributed by atoms with van der Waals surface area (Å²) in [5.41, 5.74) is 1.16. The Hall–Kier alpha value is -0.890. The molecule has 1 nitrogen and oxygen atoms in total. The number of rotatable bonds is 5. The number of halogens is 1. The number of hydrogen-bond donors (Lipinski definition) is 1. The molecule has 1 aliphatic rings. The maximum absolute atomic E-state index is 12.7. The normalized spacial score (nSPS) is 17.7. The molecule has 0 saturated heterocycles. The largest absolute Gasteiger partial charge is 0.310 e. The van der Waals surface area contributed by atoms with Gasteiger partial charge in [-0.1, -0.05) is 25.0 Å². The Morgan fingerprint density at radius 1 is 1.33 bits per heavy atom. The zero-order valence-electron chi connectivity index (χ0n) is 9.17. The van der Waals surface area contributed by atoms with Crippen LogP contribution >= 0.6 is 0 Å². The van der Waals surface area contributed by atoms with E-state index in [0.717, 1.165) is 18.0 Å². The fraction of sp³-hybridized carbons (Fsp3) is 0.538. The summed E-state index contributed by atoms with van der Waals surface area (Å²) in [6.45, 7) is 3.20. The van der Waals surface area contributed by atoms with Gasteiger partial charge in [-0.15, -0.1) is 0 Å². The van der Waals surface area contributed by atoms with Gasteiger partial charge in [-0.05, 0) is 43.5 Å². The molecule has 0 amide bonds. The minimum absolute atomic E-state index is 0.163. The van der Waals surface area contributed by atoms with Gasteiger partial charge in [0.15, 0.2) is 0 Å². The van der Waals surface area contributed by atoms with Gasteiger partial charge in [-0.25, -0.2) is 4.39 Å². The summed E-state index contributed by atoms with van der Waals surface area (Å²) in [5, 5.41) is 3.47. The second-order valence-electron chi connectivity index (χ2n) is 4.46. The minimum Gasteiger partial charge on any atom is -0.310 e. The Bertz CT molecular complexity index is 303. The molecule has 0 radical (unpaired) electrons. The first kappa shape index (κ1) is 10.6. The zero-order valence-corrected chi connectivity index (χ0v) is 9.17. The maximum atomic E-state index is 12.7. The highest BCUT2D eigenvalue weighted by Gasteiger charge is 2.20. The van der Waals surface area contributed by atoms with Crippen molar-refractivity contribution in [2.24, 2.45) is 5.92 Å². The van der Waals surface area contributed by atoms with E-state index in [1.165, 1.54) is 31.4 Å². The van der Waals surface area contributed by atoms with Crippen LogP contribution in [0, 0.1) is 11.7 Å². The third-order valence-corrected chi connectivity index (χ3v) is 3.07. The molecule has 1 fully saturated rings. The van der Waals surface area contributed by atoms with Gasteiger partial charge in [-0.3, -0.25) is 0 Å². The Morgan fingerprint density at radius 2 is 2.00 bits per heavy atom. The summed E-state index contributed by atoms with van der Waals surface area (Å²) in [5.74, 6) is 0.807. The SMILES string of the molecule is C[C@H](NCCC1CC1)c1ccc(F)cc1. The van der Waals surface area contributed by atoms with Crippen LogP contribution in [-0.4, -0.2) is 6.54 Å². The Balaban J connectivity index is 1.78. The standard InChI is InChI=1S/C13H18FN/c1-10(15-9-8-11-2-3-11)12-4-6-13(14)7-5-12/h4-7,10-11,15H,2-3,8-9H2,1H3/t10-/m0/s1. The molecular formula is C13H18FN. The van der Waals surface area contributed by atoms with Crippen LogP contribution in [0.15, 0.2) is 24.3 Å². The van der Waals surface area contributed by atoms with Crippen LogP contribution in [0.1, 0.15) is 37.8 Å². The molecule has 1 N–H and O–H groups in total. The first-order valence-electron chi connectivity index (χ1n) is 5.74. The molecular weight excluding hydrogens is 189 g/mol. The quantitative estimate of drug-likeness (QED) is 0.781. The molecule has 1 aliphatic carbocycles. The van der Waals surface area contributed by atoms with Crippen molar-refractivity contribution in [2.75, 3.05) is 6.54 Å². The van der Waals surface area contributed by atoms with Crippen LogP contribution in [0.4, 0.5) is 4.39 Å². The lowest BCUT2D eigenvalue weighted by molar-refractivity contribution is 0.538. The molecule has 0 unspecified atom stereocenters. The van der Waals surface area contributed by atoms with E-state index >= 15 is 0 Å². The van der Waals surface area contributed by atoms with Crippen LogP contribution in [0.2, 0.25) is 0 Å².